The highest BCUT2D eigenvalue weighted by atomic mass is 16.7. The Morgan fingerprint density at radius 3 is 3.00 bits per heavy atom. The van der Waals surface area contributed by atoms with E-state index in [2.05, 4.69) is 10.3 Å². The van der Waals surface area contributed by atoms with Gasteiger partial charge in [-0.2, -0.15) is 0 Å². The van der Waals surface area contributed by atoms with Gasteiger partial charge in [-0.15, -0.1) is 0 Å². The number of ether oxygens (including phenoxy) is 2. The Morgan fingerprint density at radius 1 is 1.47 bits per heavy atom. The zero-order valence-corrected chi connectivity index (χ0v) is 10.8. The molecule has 1 N–H and O–H groups in total. The standard InChI is InChI=1S/C12H17N3O4/c1-9-10(17-8-14-9)11(16)15-3-5-19-12(7-15)6-13-2-4-18-12/h8,13H,2-7H2,1H3. The highest BCUT2D eigenvalue weighted by Gasteiger charge is 2.41. The van der Waals surface area contributed by atoms with Gasteiger partial charge in [0.1, 0.15) is 0 Å². The lowest BCUT2D eigenvalue weighted by Gasteiger charge is -2.44. The average Bonchev–Trinajstić information content (AvgIpc) is 2.85. The largest absolute Gasteiger partial charge is 0.438 e. The average molecular weight is 267 g/mol. The van der Waals surface area contributed by atoms with Crippen LogP contribution in [0.1, 0.15) is 16.2 Å². The molecule has 1 amide bonds. The summed E-state index contributed by atoms with van der Waals surface area (Å²) >= 11 is 0. The van der Waals surface area contributed by atoms with E-state index in [0.29, 0.717) is 44.3 Å². The van der Waals surface area contributed by atoms with Crippen molar-refractivity contribution in [3.8, 4) is 0 Å². The fourth-order valence-corrected chi connectivity index (χ4v) is 2.41. The Balaban J connectivity index is 1.74. The molecule has 7 nitrogen and oxygen atoms in total. The lowest BCUT2D eigenvalue weighted by molar-refractivity contribution is -0.268. The summed E-state index contributed by atoms with van der Waals surface area (Å²) in [6, 6.07) is 0. The van der Waals surface area contributed by atoms with E-state index in [-0.39, 0.29) is 5.91 Å². The molecule has 2 aliphatic heterocycles. The van der Waals surface area contributed by atoms with Gasteiger partial charge in [0, 0.05) is 13.1 Å². The Bertz CT molecular complexity index is 462. The van der Waals surface area contributed by atoms with E-state index in [4.69, 9.17) is 13.9 Å². The van der Waals surface area contributed by atoms with Crippen LogP contribution >= 0.6 is 0 Å². The number of aromatic nitrogens is 1. The SMILES string of the molecule is Cc1ncoc1C(=O)N1CCOC2(CNCCO2)C1. The first-order chi connectivity index (χ1) is 9.20. The summed E-state index contributed by atoms with van der Waals surface area (Å²) in [6.07, 6.45) is 1.29. The fourth-order valence-electron chi connectivity index (χ4n) is 2.41. The molecule has 19 heavy (non-hydrogen) atoms. The van der Waals surface area contributed by atoms with E-state index in [1.165, 1.54) is 6.39 Å². The third-order valence-electron chi connectivity index (χ3n) is 3.42. The Hall–Kier alpha value is -1.44. The molecule has 0 bridgehead atoms. The number of hydrogen-bond acceptors (Lipinski definition) is 6. The van der Waals surface area contributed by atoms with Gasteiger partial charge in [-0.1, -0.05) is 0 Å². The zero-order valence-electron chi connectivity index (χ0n) is 10.8. The molecule has 1 unspecified atom stereocenters. The van der Waals surface area contributed by atoms with Gasteiger partial charge >= 0.3 is 0 Å². The second-order valence-corrected chi connectivity index (χ2v) is 4.78. The molecule has 0 saturated carbocycles. The second kappa shape index (κ2) is 4.92. The summed E-state index contributed by atoms with van der Waals surface area (Å²) in [7, 11) is 0. The van der Waals surface area contributed by atoms with Crippen LogP contribution in [-0.2, 0) is 9.47 Å². The molecule has 104 valence electrons. The monoisotopic (exact) mass is 267 g/mol. The van der Waals surface area contributed by atoms with E-state index >= 15 is 0 Å². The van der Waals surface area contributed by atoms with Crippen molar-refractivity contribution in [1.29, 1.82) is 0 Å². The van der Waals surface area contributed by atoms with Crippen molar-refractivity contribution in [2.75, 3.05) is 39.4 Å². The van der Waals surface area contributed by atoms with Crippen molar-refractivity contribution >= 4 is 5.91 Å². The number of carbonyl (C=O) groups excluding carboxylic acids is 1. The molecule has 2 fully saturated rings. The van der Waals surface area contributed by atoms with Crippen molar-refractivity contribution in [1.82, 2.24) is 15.2 Å². The van der Waals surface area contributed by atoms with Crippen LogP contribution < -0.4 is 5.32 Å². The third-order valence-corrected chi connectivity index (χ3v) is 3.42. The minimum absolute atomic E-state index is 0.160. The number of nitrogens with one attached hydrogen (secondary N) is 1. The number of hydrogen-bond donors (Lipinski definition) is 1. The van der Waals surface area contributed by atoms with Crippen LogP contribution in [0.3, 0.4) is 0 Å². The van der Waals surface area contributed by atoms with E-state index in [1.807, 2.05) is 0 Å². The van der Waals surface area contributed by atoms with Gasteiger partial charge in [0.15, 0.2) is 12.2 Å². The first-order valence-corrected chi connectivity index (χ1v) is 6.38. The maximum absolute atomic E-state index is 12.4. The summed E-state index contributed by atoms with van der Waals surface area (Å²) in [5, 5.41) is 3.23. The summed E-state index contributed by atoms with van der Waals surface area (Å²) in [4.78, 5) is 18.0. The van der Waals surface area contributed by atoms with Crippen molar-refractivity contribution in [2.24, 2.45) is 0 Å². The topological polar surface area (TPSA) is 76.8 Å². The van der Waals surface area contributed by atoms with E-state index in [1.54, 1.807) is 11.8 Å². The molecule has 0 aliphatic carbocycles. The number of nitrogens with zero attached hydrogens (tertiary/aromatic N) is 2. The first kappa shape index (κ1) is 12.6. The minimum Gasteiger partial charge on any atom is -0.438 e. The highest BCUT2D eigenvalue weighted by Crippen LogP contribution is 2.23. The number of amides is 1. The summed E-state index contributed by atoms with van der Waals surface area (Å²) in [5.74, 6) is -0.590. The fraction of sp³-hybridized carbons (Fsp3) is 0.667. The Labute approximate surface area is 110 Å². The molecule has 3 rings (SSSR count). The molecular weight excluding hydrogens is 250 g/mol. The molecular formula is C12H17N3O4. The Morgan fingerprint density at radius 2 is 2.32 bits per heavy atom. The van der Waals surface area contributed by atoms with Gasteiger partial charge in [0.05, 0.1) is 32.0 Å². The van der Waals surface area contributed by atoms with Crippen molar-refractivity contribution in [3.05, 3.63) is 17.8 Å². The normalized spacial score (nSPS) is 27.7. The molecule has 1 atom stereocenters. The third kappa shape index (κ3) is 2.36. The zero-order chi connectivity index (χ0) is 13.3. The number of carbonyl (C=O) groups is 1. The number of aryl methyl sites for hydroxylation is 1. The Kier molecular flexibility index (Phi) is 3.26. The van der Waals surface area contributed by atoms with E-state index < -0.39 is 5.79 Å². The molecule has 1 spiro atoms. The van der Waals surface area contributed by atoms with Gasteiger partial charge in [0.2, 0.25) is 5.76 Å². The summed E-state index contributed by atoms with van der Waals surface area (Å²) < 4.78 is 16.6. The van der Waals surface area contributed by atoms with Crippen LogP contribution in [0.15, 0.2) is 10.8 Å². The van der Waals surface area contributed by atoms with Crippen LogP contribution in [0.4, 0.5) is 0 Å². The summed E-state index contributed by atoms with van der Waals surface area (Å²) in [5.41, 5.74) is 0.605. The molecule has 3 heterocycles. The molecule has 0 radical (unpaired) electrons. The number of rotatable bonds is 1. The molecule has 2 saturated heterocycles. The minimum atomic E-state index is -0.722. The number of oxazole rings is 1. The van der Waals surface area contributed by atoms with Crippen molar-refractivity contribution in [2.45, 2.75) is 12.7 Å². The van der Waals surface area contributed by atoms with Crippen LogP contribution in [0.5, 0.6) is 0 Å². The molecule has 7 heteroatoms. The lowest BCUT2D eigenvalue weighted by atomic mass is 10.1. The maximum Gasteiger partial charge on any atom is 0.291 e. The molecule has 1 aromatic heterocycles. The van der Waals surface area contributed by atoms with Gasteiger partial charge < -0.3 is 24.1 Å². The van der Waals surface area contributed by atoms with Gasteiger partial charge in [-0.05, 0) is 6.92 Å². The first-order valence-electron chi connectivity index (χ1n) is 6.38. The highest BCUT2D eigenvalue weighted by molar-refractivity contribution is 5.92. The van der Waals surface area contributed by atoms with Crippen LogP contribution in [0, 0.1) is 6.92 Å². The quantitative estimate of drug-likeness (QED) is 0.757. The van der Waals surface area contributed by atoms with Crippen LogP contribution in [0.25, 0.3) is 0 Å². The predicted molar refractivity (Wildman–Crippen MR) is 64.6 cm³/mol. The molecule has 1 aromatic rings. The van der Waals surface area contributed by atoms with Crippen LogP contribution in [-0.4, -0.2) is 61.0 Å². The van der Waals surface area contributed by atoms with E-state index in [0.717, 1.165) is 6.54 Å². The molecule has 0 aromatic carbocycles. The molecule has 2 aliphatic rings. The van der Waals surface area contributed by atoms with Gasteiger partial charge in [-0.25, -0.2) is 4.98 Å². The maximum atomic E-state index is 12.4. The second-order valence-electron chi connectivity index (χ2n) is 4.78. The predicted octanol–water partition coefficient (Wildman–Crippen LogP) is -0.228. The van der Waals surface area contributed by atoms with Gasteiger partial charge in [0.25, 0.3) is 5.91 Å². The smallest absolute Gasteiger partial charge is 0.291 e. The van der Waals surface area contributed by atoms with Crippen molar-refractivity contribution in [3.63, 3.8) is 0 Å². The number of morpholine rings is 2. The van der Waals surface area contributed by atoms with Gasteiger partial charge in [-0.3, -0.25) is 4.79 Å². The van der Waals surface area contributed by atoms with Crippen molar-refractivity contribution < 1.29 is 18.7 Å². The van der Waals surface area contributed by atoms with Crippen LogP contribution in [0.2, 0.25) is 0 Å². The summed E-state index contributed by atoms with van der Waals surface area (Å²) in [6.45, 7) is 5.13. The van der Waals surface area contributed by atoms with E-state index in [9.17, 15) is 4.79 Å². The lowest BCUT2D eigenvalue weighted by Crippen LogP contribution is -2.62.